The van der Waals surface area contributed by atoms with Gasteiger partial charge in [0.2, 0.25) is 0 Å². The molecule has 0 saturated carbocycles. The van der Waals surface area contributed by atoms with Crippen molar-refractivity contribution in [2.45, 2.75) is 45.4 Å². The molecule has 2 aromatic heterocycles. The summed E-state index contributed by atoms with van der Waals surface area (Å²) in [4.78, 5) is 9.09. The average Bonchev–Trinajstić information content (AvgIpc) is 3.06. The molecule has 1 aliphatic rings. The van der Waals surface area contributed by atoms with Crippen molar-refractivity contribution in [1.82, 2.24) is 20.0 Å². The zero-order valence-corrected chi connectivity index (χ0v) is 19.6. The molecule has 3 aromatic rings. The number of imidazole rings is 1. The highest BCUT2D eigenvalue weighted by Gasteiger charge is 2.33. The van der Waals surface area contributed by atoms with Gasteiger partial charge in [0.05, 0.1) is 18.3 Å². The number of nitrogens with one attached hydrogen (secondary N) is 2. The van der Waals surface area contributed by atoms with Crippen LogP contribution in [-0.4, -0.2) is 28.0 Å². The first-order valence-electron chi connectivity index (χ1n) is 9.63. The molecule has 0 spiro atoms. The van der Waals surface area contributed by atoms with Gasteiger partial charge in [-0.05, 0) is 44.5 Å². The summed E-state index contributed by atoms with van der Waals surface area (Å²) in [5.41, 5.74) is 4.06. The lowest BCUT2D eigenvalue weighted by atomic mass is 9.90. The van der Waals surface area contributed by atoms with Crippen molar-refractivity contribution in [2.75, 3.05) is 7.05 Å². The molecule has 1 aliphatic heterocycles. The molecule has 6 nitrogen and oxygen atoms in total. The van der Waals surface area contributed by atoms with E-state index >= 15 is 0 Å². The monoisotopic (exact) mass is 505 g/mol. The van der Waals surface area contributed by atoms with Crippen LogP contribution in [0.4, 0.5) is 0 Å². The second-order valence-electron chi connectivity index (χ2n) is 7.93. The summed E-state index contributed by atoms with van der Waals surface area (Å²) in [6.07, 6.45) is 4.94. The molecule has 1 unspecified atom stereocenters. The Hall–Kier alpha value is -2.29. The number of aromatic nitrogens is 2. The van der Waals surface area contributed by atoms with Crippen molar-refractivity contribution in [2.24, 2.45) is 4.99 Å². The lowest BCUT2D eigenvalue weighted by molar-refractivity contribution is 0.0694. The Bertz CT molecular complexity index is 1030. The van der Waals surface area contributed by atoms with Gasteiger partial charge in [0.25, 0.3) is 0 Å². The molecule has 4 rings (SSSR count). The Balaban J connectivity index is 0.00000240. The second-order valence-corrected chi connectivity index (χ2v) is 7.93. The number of hydrogen-bond acceptors (Lipinski definition) is 3. The largest absolute Gasteiger partial charge is 0.487 e. The molecule has 0 aliphatic carbocycles. The Labute approximate surface area is 188 Å². The number of para-hydroxylation sites is 1. The van der Waals surface area contributed by atoms with Gasteiger partial charge in [-0.1, -0.05) is 18.2 Å². The molecule has 29 heavy (non-hydrogen) atoms. The van der Waals surface area contributed by atoms with Crippen molar-refractivity contribution in [3.05, 3.63) is 65.6 Å². The van der Waals surface area contributed by atoms with Gasteiger partial charge in [-0.15, -0.1) is 24.0 Å². The molecule has 3 heterocycles. The van der Waals surface area contributed by atoms with Gasteiger partial charge in [0.1, 0.15) is 17.0 Å². The van der Waals surface area contributed by atoms with Crippen LogP contribution < -0.4 is 15.4 Å². The number of fused-ring (bicyclic) bond motifs is 2. The van der Waals surface area contributed by atoms with Crippen molar-refractivity contribution < 1.29 is 4.74 Å². The second kappa shape index (κ2) is 8.61. The van der Waals surface area contributed by atoms with Gasteiger partial charge >= 0.3 is 0 Å². The molecule has 0 saturated heterocycles. The Morgan fingerprint density at radius 3 is 2.90 bits per heavy atom. The number of benzene rings is 1. The van der Waals surface area contributed by atoms with Crippen LogP contribution in [0, 0.1) is 6.92 Å². The lowest BCUT2D eigenvalue weighted by Crippen LogP contribution is -2.45. The van der Waals surface area contributed by atoms with E-state index in [1.54, 1.807) is 7.05 Å². The van der Waals surface area contributed by atoms with E-state index in [0.717, 1.165) is 35.0 Å². The van der Waals surface area contributed by atoms with Crippen LogP contribution in [0.1, 0.15) is 43.1 Å². The Morgan fingerprint density at radius 2 is 2.10 bits per heavy atom. The summed E-state index contributed by atoms with van der Waals surface area (Å²) in [6, 6.07) is 12.5. The van der Waals surface area contributed by atoms with Crippen LogP contribution in [0.2, 0.25) is 0 Å². The summed E-state index contributed by atoms with van der Waals surface area (Å²) < 4.78 is 8.16. The zero-order chi connectivity index (χ0) is 19.7. The number of aliphatic imine (C=N–C) groups is 1. The average molecular weight is 505 g/mol. The van der Waals surface area contributed by atoms with Crippen molar-refractivity contribution in [3.63, 3.8) is 0 Å². The highest BCUT2D eigenvalue weighted by atomic mass is 127. The molecule has 154 valence electrons. The third-order valence-electron chi connectivity index (χ3n) is 5.01. The number of hydrogen-bond donors (Lipinski definition) is 2. The molecular weight excluding hydrogens is 477 g/mol. The first-order chi connectivity index (χ1) is 13.4. The van der Waals surface area contributed by atoms with E-state index in [0.29, 0.717) is 6.54 Å². The van der Waals surface area contributed by atoms with E-state index in [2.05, 4.69) is 59.6 Å². The van der Waals surface area contributed by atoms with E-state index < -0.39 is 0 Å². The SMILES string of the molecule is CN=C(NCc1cn2ccc(C)cc2n1)NC1CC(C)(C)Oc2ccccc21.I. The number of pyridine rings is 1. The predicted molar refractivity (Wildman–Crippen MR) is 127 cm³/mol. The summed E-state index contributed by atoms with van der Waals surface area (Å²) in [7, 11) is 1.79. The smallest absolute Gasteiger partial charge is 0.191 e. The summed E-state index contributed by atoms with van der Waals surface area (Å²) in [6.45, 7) is 6.92. The first-order valence-corrected chi connectivity index (χ1v) is 9.63. The fourth-order valence-electron chi connectivity index (χ4n) is 3.69. The Morgan fingerprint density at radius 1 is 1.31 bits per heavy atom. The van der Waals surface area contributed by atoms with Gasteiger partial charge < -0.3 is 19.8 Å². The molecule has 0 radical (unpaired) electrons. The molecule has 0 amide bonds. The minimum absolute atomic E-state index is 0. The number of aryl methyl sites for hydroxylation is 1. The van der Waals surface area contributed by atoms with E-state index in [4.69, 9.17) is 4.74 Å². The summed E-state index contributed by atoms with van der Waals surface area (Å²) >= 11 is 0. The van der Waals surface area contributed by atoms with Crippen molar-refractivity contribution >= 4 is 35.6 Å². The van der Waals surface area contributed by atoms with Gasteiger partial charge in [0.15, 0.2) is 5.96 Å². The maximum absolute atomic E-state index is 6.12. The van der Waals surface area contributed by atoms with Gasteiger partial charge in [-0.2, -0.15) is 0 Å². The highest BCUT2D eigenvalue weighted by Crippen LogP contribution is 2.39. The van der Waals surface area contributed by atoms with Crippen LogP contribution in [-0.2, 0) is 6.54 Å². The molecule has 0 bridgehead atoms. The van der Waals surface area contributed by atoms with Crippen molar-refractivity contribution in [3.8, 4) is 5.75 Å². The minimum Gasteiger partial charge on any atom is -0.487 e. The van der Waals surface area contributed by atoms with Crippen LogP contribution in [0.25, 0.3) is 5.65 Å². The molecule has 7 heteroatoms. The minimum atomic E-state index is -0.232. The van der Waals surface area contributed by atoms with E-state index in [1.807, 2.05) is 35.0 Å². The van der Waals surface area contributed by atoms with E-state index in [9.17, 15) is 0 Å². The number of guanidine groups is 1. The van der Waals surface area contributed by atoms with Gasteiger partial charge in [-0.3, -0.25) is 4.99 Å². The van der Waals surface area contributed by atoms with Crippen LogP contribution in [0.5, 0.6) is 5.75 Å². The molecule has 0 fully saturated rings. The van der Waals surface area contributed by atoms with Gasteiger partial charge in [-0.25, -0.2) is 4.98 Å². The first kappa shape index (κ1) is 21.4. The number of halogens is 1. The molecule has 1 aromatic carbocycles. The third kappa shape index (κ3) is 4.83. The number of rotatable bonds is 3. The molecule has 2 N–H and O–H groups in total. The lowest BCUT2D eigenvalue weighted by Gasteiger charge is -2.38. The molecule has 1 atom stereocenters. The zero-order valence-electron chi connectivity index (χ0n) is 17.3. The predicted octanol–water partition coefficient (Wildman–Crippen LogP) is 4.23. The topological polar surface area (TPSA) is 63.0 Å². The molecular formula is C22H28IN5O. The van der Waals surface area contributed by atoms with E-state index in [-0.39, 0.29) is 35.6 Å². The fraction of sp³-hybridized carbons (Fsp3) is 0.364. The maximum atomic E-state index is 6.12. The quantitative estimate of drug-likeness (QED) is 0.318. The van der Waals surface area contributed by atoms with Crippen LogP contribution >= 0.6 is 24.0 Å². The number of nitrogens with zero attached hydrogens (tertiary/aromatic N) is 3. The summed E-state index contributed by atoms with van der Waals surface area (Å²) in [5, 5.41) is 6.94. The van der Waals surface area contributed by atoms with Crippen LogP contribution in [0.15, 0.2) is 53.8 Å². The van der Waals surface area contributed by atoms with Crippen molar-refractivity contribution in [1.29, 1.82) is 0 Å². The Kier molecular flexibility index (Phi) is 6.36. The fourth-order valence-corrected chi connectivity index (χ4v) is 3.69. The van der Waals surface area contributed by atoms with E-state index in [1.165, 1.54) is 5.56 Å². The normalized spacial score (nSPS) is 17.8. The standard InChI is InChI=1S/C22H27N5O.HI/c1-15-9-10-27-14-16(25-20(27)11-15)13-24-21(23-4)26-18-12-22(2,3)28-19-8-6-5-7-17(18)19;/h5-11,14,18H,12-13H2,1-4H3,(H2,23,24,26);1H. The third-order valence-corrected chi connectivity index (χ3v) is 5.01. The maximum Gasteiger partial charge on any atom is 0.191 e. The van der Waals surface area contributed by atoms with Gasteiger partial charge in [0, 0.05) is 31.4 Å². The van der Waals surface area contributed by atoms with Crippen LogP contribution in [0.3, 0.4) is 0 Å². The summed E-state index contributed by atoms with van der Waals surface area (Å²) in [5.74, 6) is 1.69. The highest BCUT2D eigenvalue weighted by molar-refractivity contribution is 14.0. The number of ether oxygens (including phenoxy) is 1.